The summed E-state index contributed by atoms with van der Waals surface area (Å²) in [5.74, 6) is -1.31. The first-order valence-electron chi connectivity index (χ1n) is 6.67. The molecule has 0 radical (unpaired) electrons. The molecule has 130 valence electrons. The van der Waals surface area contributed by atoms with E-state index in [-0.39, 0.29) is 22.4 Å². The van der Waals surface area contributed by atoms with Gasteiger partial charge in [0.2, 0.25) is 12.3 Å². The second-order valence-corrected chi connectivity index (χ2v) is 5.83. The maximum absolute atomic E-state index is 13.9. The van der Waals surface area contributed by atoms with Crippen LogP contribution in [0, 0.1) is 5.41 Å². The molecular weight excluding hydrogens is 351 g/mol. The fraction of sp³-hybridized carbons (Fsp3) is 0.357. The Hall–Kier alpha value is -2.29. The highest BCUT2D eigenvalue weighted by Crippen LogP contribution is 2.32. The zero-order valence-corrected chi connectivity index (χ0v) is 13.3. The smallest absolute Gasteiger partial charge is 0.338 e. The van der Waals surface area contributed by atoms with E-state index in [9.17, 15) is 18.0 Å². The van der Waals surface area contributed by atoms with E-state index in [4.69, 9.17) is 21.4 Å². The quantitative estimate of drug-likeness (QED) is 0.794. The van der Waals surface area contributed by atoms with Crippen LogP contribution in [0.25, 0.3) is 5.82 Å². The molecule has 1 unspecified atom stereocenters. The molecule has 0 saturated heterocycles. The number of carboxylic acid groups (broad SMARTS) is 1. The van der Waals surface area contributed by atoms with Gasteiger partial charge in [-0.25, -0.2) is 27.6 Å². The highest BCUT2D eigenvalue weighted by atomic mass is 35.5. The van der Waals surface area contributed by atoms with Gasteiger partial charge in [0.05, 0.1) is 11.0 Å². The van der Waals surface area contributed by atoms with Crippen LogP contribution in [0.4, 0.5) is 13.2 Å². The summed E-state index contributed by atoms with van der Waals surface area (Å²) in [5, 5.41) is 12.5. The summed E-state index contributed by atoms with van der Waals surface area (Å²) < 4.78 is 45.4. The van der Waals surface area contributed by atoms with Crippen molar-refractivity contribution in [3.05, 3.63) is 35.1 Å². The fourth-order valence-corrected chi connectivity index (χ4v) is 1.80. The van der Waals surface area contributed by atoms with Crippen molar-refractivity contribution in [3.63, 3.8) is 0 Å². The predicted molar refractivity (Wildman–Crippen MR) is 78.6 cm³/mol. The minimum absolute atomic E-state index is 0.156. The SMILES string of the molecule is CC(C)(C(F)F)C(F)Oc1ccn(-c2ccc(C(=O)O)c(Cl)n2)n1. The molecule has 0 bridgehead atoms. The van der Waals surface area contributed by atoms with Gasteiger partial charge in [-0.15, -0.1) is 5.10 Å². The van der Waals surface area contributed by atoms with Crippen LogP contribution in [0.2, 0.25) is 5.15 Å². The molecule has 0 spiro atoms. The molecule has 0 amide bonds. The summed E-state index contributed by atoms with van der Waals surface area (Å²) in [5.41, 5.74) is -2.19. The van der Waals surface area contributed by atoms with E-state index >= 15 is 0 Å². The molecule has 1 N–H and O–H groups in total. The molecule has 1 atom stereocenters. The van der Waals surface area contributed by atoms with Crippen LogP contribution in [-0.2, 0) is 0 Å². The lowest BCUT2D eigenvalue weighted by Gasteiger charge is -2.26. The van der Waals surface area contributed by atoms with Crippen LogP contribution in [-0.4, -0.2) is 38.6 Å². The zero-order chi connectivity index (χ0) is 18.1. The number of alkyl halides is 3. The highest BCUT2D eigenvalue weighted by molar-refractivity contribution is 6.32. The van der Waals surface area contributed by atoms with Crippen molar-refractivity contribution >= 4 is 17.6 Å². The first-order chi connectivity index (χ1) is 11.1. The van der Waals surface area contributed by atoms with E-state index in [1.807, 2.05) is 0 Å². The number of carboxylic acids is 1. The Balaban J connectivity index is 2.19. The van der Waals surface area contributed by atoms with E-state index in [0.29, 0.717) is 0 Å². The Labute approximate surface area is 139 Å². The number of hydrogen-bond donors (Lipinski definition) is 1. The van der Waals surface area contributed by atoms with Gasteiger partial charge in [0, 0.05) is 12.3 Å². The second kappa shape index (κ2) is 6.68. The molecule has 6 nitrogen and oxygen atoms in total. The van der Waals surface area contributed by atoms with Crippen LogP contribution in [0.3, 0.4) is 0 Å². The van der Waals surface area contributed by atoms with Crippen LogP contribution in [0.15, 0.2) is 24.4 Å². The molecule has 0 saturated carbocycles. The van der Waals surface area contributed by atoms with E-state index in [1.165, 1.54) is 24.4 Å². The van der Waals surface area contributed by atoms with Crippen LogP contribution in [0.1, 0.15) is 24.2 Å². The van der Waals surface area contributed by atoms with Crippen molar-refractivity contribution in [2.45, 2.75) is 26.6 Å². The largest absolute Gasteiger partial charge is 0.478 e. The van der Waals surface area contributed by atoms with Crippen molar-refractivity contribution in [3.8, 4) is 11.7 Å². The maximum atomic E-state index is 13.9. The number of hydrogen-bond acceptors (Lipinski definition) is 4. The minimum atomic E-state index is -2.92. The molecule has 0 aliphatic heterocycles. The number of aromatic carboxylic acids is 1. The molecule has 10 heteroatoms. The van der Waals surface area contributed by atoms with E-state index < -0.39 is 24.2 Å². The van der Waals surface area contributed by atoms with Crippen molar-refractivity contribution < 1.29 is 27.8 Å². The van der Waals surface area contributed by atoms with Gasteiger partial charge in [0.15, 0.2) is 5.82 Å². The van der Waals surface area contributed by atoms with Gasteiger partial charge in [-0.05, 0) is 26.0 Å². The maximum Gasteiger partial charge on any atom is 0.338 e. The summed E-state index contributed by atoms with van der Waals surface area (Å²) in [4.78, 5) is 14.7. The van der Waals surface area contributed by atoms with E-state index in [0.717, 1.165) is 18.5 Å². The summed E-state index contributed by atoms with van der Waals surface area (Å²) in [6.45, 7) is 2.07. The van der Waals surface area contributed by atoms with Gasteiger partial charge < -0.3 is 9.84 Å². The normalized spacial score (nSPS) is 13.1. The van der Waals surface area contributed by atoms with Gasteiger partial charge in [0.1, 0.15) is 5.15 Å². The van der Waals surface area contributed by atoms with E-state index in [2.05, 4.69) is 10.1 Å². The molecular formula is C14H13ClF3N3O3. The van der Waals surface area contributed by atoms with Crippen LogP contribution in [0.5, 0.6) is 5.88 Å². The number of nitrogens with zero attached hydrogens (tertiary/aromatic N) is 3. The number of aromatic nitrogens is 3. The van der Waals surface area contributed by atoms with Gasteiger partial charge in [0.25, 0.3) is 6.36 Å². The van der Waals surface area contributed by atoms with Crippen molar-refractivity contribution in [2.24, 2.45) is 5.41 Å². The third kappa shape index (κ3) is 3.61. The zero-order valence-electron chi connectivity index (χ0n) is 12.6. The van der Waals surface area contributed by atoms with Crippen molar-refractivity contribution in [1.29, 1.82) is 0 Å². The Bertz CT molecular complexity index is 752. The lowest BCUT2D eigenvalue weighted by molar-refractivity contribution is -0.115. The molecule has 2 aromatic heterocycles. The third-order valence-corrected chi connectivity index (χ3v) is 3.52. The molecule has 2 heterocycles. The topological polar surface area (TPSA) is 77.2 Å². The number of rotatable bonds is 6. The fourth-order valence-electron chi connectivity index (χ4n) is 1.57. The third-order valence-electron chi connectivity index (χ3n) is 3.24. The van der Waals surface area contributed by atoms with Gasteiger partial charge in [-0.1, -0.05) is 11.6 Å². The number of carbonyl (C=O) groups is 1. The summed E-state index contributed by atoms with van der Waals surface area (Å²) >= 11 is 5.75. The Morgan fingerprint density at radius 1 is 1.33 bits per heavy atom. The van der Waals surface area contributed by atoms with Gasteiger partial charge >= 0.3 is 5.97 Å². The van der Waals surface area contributed by atoms with E-state index in [1.54, 1.807) is 0 Å². The van der Waals surface area contributed by atoms with Gasteiger partial charge in [-0.3, -0.25) is 0 Å². The Morgan fingerprint density at radius 2 is 2.00 bits per heavy atom. The molecule has 0 aromatic carbocycles. The predicted octanol–water partition coefficient (Wildman–Crippen LogP) is 3.58. The molecule has 2 aromatic rings. The molecule has 0 aliphatic rings. The average molecular weight is 364 g/mol. The monoisotopic (exact) mass is 363 g/mol. The van der Waals surface area contributed by atoms with Gasteiger partial charge in [-0.2, -0.15) is 0 Å². The first kappa shape index (κ1) is 18.1. The minimum Gasteiger partial charge on any atom is -0.478 e. The number of pyridine rings is 1. The van der Waals surface area contributed by atoms with Crippen molar-refractivity contribution in [1.82, 2.24) is 14.8 Å². The highest BCUT2D eigenvalue weighted by Gasteiger charge is 2.41. The Kier molecular flexibility index (Phi) is 5.02. The summed E-state index contributed by atoms with van der Waals surface area (Å²) in [6, 6.07) is 3.82. The number of halogens is 4. The second-order valence-electron chi connectivity index (χ2n) is 5.47. The molecule has 0 aliphatic carbocycles. The lowest BCUT2D eigenvalue weighted by Crippen LogP contribution is -2.37. The summed E-state index contributed by atoms with van der Waals surface area (Å²) in [6.07, 6.45) is -3.85. The standard InChI is InChI=1S/C14H13ClF3N3O3/c1-14(2,12(16)17)13(18)24-9-5-6-21(20-9)8-4-3-7(11(22)23)10(15)19-8/h3-6,12-13H,1-2H3,(H,22,23). The lowest BCUT2D eigenvalue weighted by atomic mass is 9.94. The Morgan fingerprint density at radius 3 is 2.54 bits per heavy atom. The first-order valence-corrected chi connectivity index (χ1v) is 7.05. The van der Waals surface area contributed by atoms with Crippen molar-refractivity contribution in [2.75, 3.05) is 0 Å². The summed E-state index contributed by atoms with van der Waals surface area (Å²) in [7, 11) is 0. The molecule has 0 fully saturated rings. The molecule has 24 heavy (non-hydrogen) atoms. The number of ether oxygens (including phenoxy) is 1. The molecule has 2 rings (SSSR count). The average Bonchev–Trinajstić information content (AvgIpc) is 2.94. The van der Waals surface area contributed by atoms with Crippen LogP contribution >= 0.6 is 11.6 Å². The van der Waals surface area contributed by atoms with Crippen LogP contribution < -0.4 is 4.74 Å².